The quantitative estimate of drug-likeness (QED) is 0.356. The van der Waals surface area contributed by atoms with E-state index < -0.39 is 30.3 Å². The van der Waals surface area contributed by atoms with Crippen LogP contribution in [0.25, 0.3) is 0 Å². The Hall–Kier alpha value is -3.36. The number of carbonyl (C=O) groups is 2. The largest absolute Gasteiger partial charge is 0.380 e. The summed E-state index contributed by atoms with van der Waals surface area (Å²) in [7, 11) is 0. The predicted octanol–water partition coefficient (Wildman–Crippen LogP) is 2.79. The Bertz CT molecular complexity index is 999. The highest BCUT2D eigenvalue weighted by molar-refractivity contribution is 5.79. The number of hydrogen-bond acceptors (Lipinski definition) is 6. The van der Waals surface area contributed by atoms with Crippen molar-refractivity contribution in [2.45, 2.75) is 44.2 Å². The lowest BCUT2D eigenvalue weighted by molar-refractivity contribution is -0.182. The molecular weight excluding hydrogens is 434 g/mol. The number of amides is 1. The van der Waals surface area contributed by atoms with Gasteiger partial charge >= 0.3 is 0 Å². The third kappa shape index (κ3) is 7.60. The van der Waals surface area contributed by atoms with Gasteiger partial charge in [-0.15, -0.1) is 0 Å². The standard InChI is InChI=1S/C27H29NO6/c28-27(31)24(30)26(34-19-22-14-8-3-9-15-22)25(33-18-21-12-6-2-7-13-21)23(16-29)32-17-20-10-4-1-5-11-20/h1-16,23-26,30H,17-19H2,(H2,28,31)/t23-,24-,25+,26+/m0/s1. The molecule has 0 saturated heterocycles. The van der Waals surface area contributed by atoms with Gasteiger partial charge in [0, 0.05) is 0 Å². The lowest BCUT2D eigenvalue weighted by Gasteiger charge is -2.33. The van der Waals surface area contributed by atoms with Gasteiger partial charge in [0.05, 0.1) is 19.8 Å². The molecule has 0 heterocycles. The number of aliphatic hydroxyl groups is 1. The fraction of sp³-hybridized carbons (Fsp3) is 0.259. The second kappa shape index (κ2) is 13.4. The number of aliphatic hydroxyl groups excluding tert-OH is 1. The van der Waals surface area contributed by atoms with Crippen LogP contribution in [-0.4, -0.2) is 41.7 Å². The van der Waals surface area contributed by atoms with Crippen molar-refractivity contribution in [2.24, 2.45) is 5.73 Å². The van der Waals surface area contributed by atoms with E-state index in [2.05, 4.69) is 0 Å². The molecule has 0 bridgehead atoms. The van der Waals surface area contributed by atoms with Crippen LogP contribution in [-0.2, 0) is 43.6 Å². The highest BCUT2D eigenvalue weighted by Gasteiger charge is 2.39. The highest BCUT2D eigenvalue weighted by Crippen LogP contribution is 2.20. The van der Waals surface area contributed by atoms with Gasteiger partial charge in [-0.2, -0.15) is 0 Å². The molecule has 178 valence electrons. The van der Waals surface area contributed by atoms with Crippen LogP contribution < -0.4 is 5.73 Å². The van der Waals surface area contributed by atoms with Gasteiger partial charge in [0.1, 0.15) is 18.3 Å². The number of carbonyl (C=O) groups excluding carboxylic acids is 2. The zero-order valence-electron chi connectivity index (χ0n) is 18.7. The molecule has 3 N–H and O–H groups in total. The van der Waals surface area contributed by atoms with E-state index in [0.717, 1.165) is 16.7 Å². The number of nitrogens with two attached hydrogens (primary N) is 1. The Morgan fingerprint density at radius 2 is 1.09 bits per heavy atom. The Labute approximate surface area is 199 Å². The number of benzene rings is 3. The van der Waals surface area contributed by atoms with E-state index >= 15 is 0 Å². The Kier molecular flexibility index (Phi) is 9.94. The molecule has 0 saturated carbocycles. The van der Waals surface area contributed by atoms with E-state index in [9.17, 15) is 14.7 Å². The van der Waals surface area contributed by atoms with Gasteiger partial charge in [-0.25, -0.2) is 0 Å². The van der Waals surface area contributed by atoms with Crippen molar-refractivity contribution in [3.05, 3.63) is 108 Å². The molecule has 7 heteroatoms. The Morgan fingerprint density at radius 3 is 1.47 bits per heavy atom. The summed E-state index contributed by atoms with van der Waals surface area (Å²) in [5.74, 6) is -0.987. The molecule has 0 radical (unpaired) electrons. The van der Waals surface area contributed by atoms with Crippen molar-refractivity contribution in [1.29, 1.82) is 0 Å². The lowest BCUT2D eigenvalue weighted by Crippen LogP contribution is -2.53. The molecule has 34 heavy (non-hydrogen) atoms. The summed E-state index contributed by atoms with van der Waals surface area (Å²) in [5, 5.41) is 10.6. The number of ether oxygens (including phenoxy) is 3. The maximum Gasteiger partial charge on any atom is 0.249 e. The summed E-state index contributed by atoms with van der Waals surface area (Å²) >= 11 is 0. The number of primary amides is 1. The molecule has 0 aromatic heterocycles. The highest BCUT2D eigenvalue weighted by atomic mass is 16.6. The van der Waals surface area contributed by atoms with Crippen molar-refractivity contribution in [3.63, 3.8) is 0 Å². The van der Waals surface area contributed by atoms with E-state index in [0.29, 0.717) is 6.29 Å². The zero-order valence-corrected chi connectivity index (χ0v) is 18.7. The first kappa shape index (κ1) is 25.3. The number of aldehydes is 1. The topological polar surface area (TPSA) is 108 Å². The smallest absolute Gasteiger partial charge is 0.249 e. The monoisotopic (exact) mass is 463 g/mol. The fourth-order valence-corrected chi connectivity index (χ4v) is 3.42. The van der Waals surface area contributed by atoms with Crippen LogP contribution in [0, 0.1) is 0 Å². The summed E-state index contributed by atoms with van der Waals surface area (Å²) in [6.45, 7) is 0.319. The SMILES string of the molecule is NC(=O)[C@@H](O)[C@@H](OCc1ccccc1)[C@H](OCc1ccccc1)[C@H](C=O)OCc1ccccc1. The zero-order chi connectivity index (χ0) is 24.2. The van der Waals surface area contributed by atoms with Crippen molar-refractivity contribution >= 4 is 12.2 Å². The molecule has 3 aromatic carbocycles. The van der Waals surface area contributed by atoms with Crippen LogP contribution in [0.4, 0.5) is 0 Å². The maximum atomic E-state index is 12.1. The van der Waals surface area contributed by atoms with E-state index in [4.69, 9.17) is 19.9 Å². The summed E-state index contributed by atoms with van der Waals surface area (Å²) in [5.41, 5.74) is 7.92. The fourth-order valence-electron chi connectivity index (χ4n) is 3.42. The molecule has 0 fully saturated rings. The van der Waals surface area contributed by atoms with E-state index in [1.807, 2.05) is 91.0 Å². The van der Waals surface area contributed by atoms with Crippen molar-refractivity contribution in [3.8, 4) is 0 Å². The average Bonchev–Trinajstić information content (AvgIpc) is 2.88. The second-order valence-electron chi connectivity index (χ2n) is 7.77. The van der Waals surface area contributed by atoms with Gasteiger partial charge in [0.15, 0.2) is 12.4 Å². The van der Waals surface area contributed by atoms with Crippen LogP contribution in [0.5, 0.6) is 0 Å². The first-order valence-electron chi connectivity index (χ1n) is 11.0. The predicted molar refractivity (Wildman–Crippen MR) is 126 cm³/mol. The number of hydrogen-bond donors (Lipinski definition) is 2. The molecule has 3 rings (SSSR count). The van der Waals surface area contributed by atoms with Crippen molar-refractivity contribution < 1.29 is 28.9 Å². The molecular formula is C27H29NO6. The Morgan fingerprint density at radius 1 is 0.706 bits per heavy atom. The Balaban J connectivity index is 1.83. The van der Waals surface area contributed by atoms with E-state index in [1.165, 1.54) is 0 Å². The lowest BCUT2D eigenvalue weighted by atomic mass is 10.0. The number of rotatable bonds is 14. The summed E-state index contributed by atoms with van der Waals surface area (Å²) in [4.78, 5) is 24.0. The molecule has 0 aliphatic carbocycles. The minimum absolute atomic E-state index is 0.0747. The molecule has 1 amide bonds. The first-order chi connectivity index (χ1) is 16.6. The normalized spacial score (nSPS) is 14.6. The molecule has 0 spiro atoms. The van der Waals surface area contributed by atoms with Crippen LogP contribution in [0.3, 0.4) is 0 Å². The van der Waals surface area contributed by atoms with E-state index in [-0.39, 0.29) is 19.8 Å². The summed E-state index contributed by atoms with van der Waals surface area (Å²) < 4.78 is 17.8. The molecule has 0 unspecified atom stereocenters. The van der Waals surface area contributed by atoms with Crippen LogP contribution in [0.1, 0.15) is 16.7 Å². The van der Waals surface area contributed by atoms with Crippen molar-refractivity contribution in [1.82, 2.24) is 0 Å². The molecule has 7 nitrogen and oxygen atoms in total. The summed E-state index contributed by atoms with van der Waals surface area (Å²) in [6, 6.07) is 27.9. The maximum absolute atomic E-state index is 12.1. The van der Waals surface area contributed by atoms with E-state index in [1.54, 1.807) is 0 Å². The third-order valence-corrected chi connectivity index (χ3v) is 5.24. The minimum Gasteiger partial charge on any atom is -0.380 e. The van der Waals surface area contributed by atoms with Crippen LogP contribution in [0.15, 0.2) is 91.0 Å². The van der Waals surface area contributed by atoms with Crippen LogP contribution in [0.2, 0.25) is 0 Å². The van der Waals surface area contributed by atoms with Crippen molar-refractivity contribution in [2.75, 3.05) is 0 Å². The third-order valence-electron chi connectivity index (χ3n) is 5.24. The minimum atomic E-state index is -1.72. The van der Waals surface area contributed by atoms with Gasteiger partial charge in [-0.05, 0) is 16.7 Å². The van der Waals surface area contributed by atoms with Gasteiger partial charge in [0.2, 0.25) is 5.91 Å². The molecule has 0 aliphatic rings. The second-order valence-corrected chi connectivity index (χ2v) is 7.77. The van der Waals surface area contributed by atoms with Gasteiger partial charge in [-0.3, -0.25) is 4.79 Å². The molecule has 0 aliphatic heterocycles. The van der Waals surface area contributed by atoms with Gasteiger partial charge in [-0.1, -0.05) is 91.0 Å². The molecule has 4 atom stereocenters. The molecule has 3 aromatic rings. The first-order valence-corrected chi connectivity index (χ1v) is 11.0. The van der Waals surface area contributed by atoms with Gasteiger partial charge in [0.25, 0.3) is 0 Å². The van der Waals surface area contributed by atoms with Crippen LogP contribution >= 0.6 is 0 Å². The average molecular weight is 464 g/mol. The summed E-state index contributed by atoms with van der Waals surface area (Å²) in [6.07, 6.45) is -4.60. The van der Waals surface area contributed by atoms with Gasteiger partial charge < -0.3 is 29.8 Å².